The van der Waals surface area contributed by atoms with Gasteiger partial charge in [-0.2, -0.15) is 4.98 Å². The lowest BCUT2D eigenvalue weighted by molar-refractivity contribution is 0.229. The number of hydrogen-bond acceptors (Lipinski definition) is 6. The molecule has 1 fully saturated rings. The number of rotatable bonds is 3. The van der Waals surface area contributed by atoms with Crippen LogP contribution < -0.4 is 5.73 Å². The molecule has 21 heavy (non-hydrogen) atoms. The molecule has 0 radical (unpaired) electrons. The molecule has 0 saturated heterocycles. The Morgan fingerprint density at radius 2 is 2.10 bits per heavy atom. The lowest BCUT2D eigenvalue weighted by Crippen LogP contribution is -2.44. The second kappa shape index (κ2) is 5.03. The molecule has 2 heterocycles. The number of aromatic nitrogens is 3. The molecular weight excluding hydrogens is 284 g/mol. The maximum atomic E-state index is 6.18. The minimum atomic E-state index is -0.376. The van der Waals surface area contributed by atoms with Crippen molar-refractivity contribution in [3.63, 3.8) is 0 Å². The Hall–Kier alpha value is -1.53. The van der Waals surface area contributed by atoms with Crippen molar-refractivity contribution >= 4 is 23.5 Å². The van der Waals surface area contributed by atoms with E-state index in [9.17, 15) is 0 Å². The minimum Gasteiger partial charge on any atom is -0.335 e. The van der Waals surface area contributed by atoms with Crippen LogP contribution >= 0.6 is 11.3 Å². The first-order valence-electron chi connectivity index (χ1n) is 7.14. The average Bonchev–Trinajstić information content (AvgIpc) is 3.02. The van der Waals surface area contributed by atoms with Crippen LogP contribution in [0.25, 0.3) is 12.2 Å². The van der Waals surface area contributed by atoms with E-state index in [4.69, 9.17) is 10.3 Å². The zero-order valence-electron chi connectivity index (χ0n) is 12.6. The number of thiazole rings is 1. The van der Waals surface area contributed by atoms with Gasteiger partial charge in [0.05, 0.1) is 10.5 Å². The zero-order valence-corrected chi connectivity index (χ0v) is 13.4. The van der Waals surface area contributed by atoms with Gasteiger partial charge in [-0.25, -0.2) is 4.98 Å². The van der Waals surface area contributed by atoms with Gasteiger partial charge in [0.1, 0.15) is 0 Å². The fraction of sp³-hybridized carbons (Fsp3) is 0.533. The smallest absolute Gasteiger partial charge is 0.250 e. The van der Waals surface area contributed by atoms with Gasteiger partial charge in [0, 0.05) is 22.6 Å². The minimum absolute atomic E-state index is 0.0740. The zero-order chi connectivity index (χ0) is 15.1. The Bertz CT molecular complexity index is 661. The molecule has 0 aliphatic heterocycles. The molecular formula is C15H20N4OS. The average molecular weight is 304 g/mol. The molecule has 5 nitrogen and oxygen atoms in total. The quantitative estimate of drug-likeness (QED) is 0.941. The van der Waals surface area contributed by atoms with Crippen molar-refractivity contribution in [1.82, 2.24) is 15.1 Å². The van der Waals surface area contributed by atoms with E-state index >= 15 is 0 Å². The second-order valence-electron chi connectivity index (χ2n) is 6.62. The van der Waals surface area contributed by atoms with Gasteiger partial charge in [-0.1, -0.05) is 25.9 Å². The summed E-state index contributed by atoms with van der Waals surface area (Å²) >= 11 is 1.67. The molecule has 2 aromatic heterocycles. The van der Waals surface area contributed by atoms with Crippen LogP contribution in [0.15, 0.2) is 10.7 Å². The van der Waals surface area contributed by atoms with Crippen LogP contribution in [0.4, 0.5) is 0 Å². The van der Waals surface area contributed by atoms with E-state index in [1.807, 2.05) is 18.3 Å². The van der Waals surface area contributed by atoms with Gasteiger partial charge in [0.25, 0.3) is 5.89 Å². The first kappa shape index (κ1) is 14.4. The summed E-state index contributed by atoms with van der Waals surface area (Å²) in [5.74, 6) is 1.11. The molecule has 2 aromatic rings. The summed E-state index contributed by atoms with van der Waals surface area (Å²) in [4.78, 5) is 9.89. The molecule has 0 spiro atoms. The van der Waals surface area contributed by atoms with Crippen LogP contribution in [0, 0.1) is 0 Å². The topological polar surface area (TPSA) is 77.8 Å². The SMILES string of the molecule is CC(C)(C)c1ncc(/C=C/c2nc(C3(N)CCC3)no2)s1. The van der Waals surface area contributed by atoms with Gasteiger partial charge in [0.15, 0.2) is 5.82 Å². The Morgan fingerprint density at radius 3 is 2.67 bits per heavy atom. The van der Waals surface area contributed by atoms with Crippen molar-refractivity contribution in [1.29, 1.82) is 0 Å². The molecule has 0 aromatic carbocycles. The van der Waals surface area contributed by atoms with Gasteiger partial charge in [-0.3, -0.25) is 0 Å². The van der Waals surface area contributed by atoms with Crippen LogP contribution in [0.2, 0.25) is 0 Å². The van der Waals surface area contributed by atoms with Crippen LogP contribution in [0.3, 0.4) is 0 Å². The van der Waals surface area contributed by atoms with E-state index in [0.717, 1.165) is 29.1 Å². The van der Waals surface area contributed by atoms with Crippen molar-refractivity contribution in [2.24, 2.45) is 5.73 Å². The van der Waals surface area contributed by atoms with Crippen LogP contribution in [0.5, 0.6) is 0 Å². The third-order valence-corrected chi connectivity index (χ3v) is 5.08. The molecule has 0 amide bonds. The predicted molar refractivity (Wildman–Crippen MR) is 83.8 cm³/mol. The van der Waals surface area contributed by atoms with Crippen molar-refractivity contribution in [2.45, 2.75) is 51.0 Å². The summed E-state index contributed by atoms with van der Waals surface area (Å²) in [5.41, 5.74) is 5.88. The van der Waals surface area contributed by atoms with Crippen molar-refractivity contribution in [2.75, 3.05) is 0 Å². The molecule has 1 aliphatic rings. The van der Waals surface area contributed by atoms with Crippen molar-refractivity contribution in [3.05, 3.63) is 27.8 Å². The van der Waals surface area contributed by atoms with E-state index in [0.29, 0.717) is 11.7 Å². The van der Waals surface area contributed by atoms with Gasteiger partial charge >= 0.3 is 0 Å². The Kier molecular flexibility index (Phi) is 3.45. The number of hydrogen-bond donors (Lipinski definition) is 1. The Labute approximate surface area is 128 Å². The molecule has 1 aliphatic carbocycles. The normalized spacial score (nSPS) is 18.1. The summed E-state index contributed by atoms with van der Waals surface area (Å²) in [6.07, 6.45) is 8.63. The molecule has 0 bridgehead atoms. The van der Waals surface area contributed by atoms with Crippen LogP contribution in [0.1, 0.15) is 61.6 Å². The third kappa shape index (κ3) is 2.91. The van der Waals surface area contributed by atoms with Gasteiger partial charge in [-0.15, -0.1) is 11.3 Å². The van der Waals surface area contributed by atoms with E-state index < -0.39 is 0 Å². The highest BCUT2D eigenvalue weighted by Gasteiger charge is 2.38. The van der Waals surface area contributed by atoms with E-state index in [1.165, 1.54) is 0 Å². The molecule has 0 unspecified atom stereocenters. The first-order valence-corrected chi connectivity index (χ1v) is 7.96. The van der Waals surface area contributed by atoms with Crippen molar-refractivity contribution < 1.29 is 4.52 Å². The largest absolute Gasteiger partial charge is 0.335 e. The monoisotopic (exact) mass is 304 g/mol. The Morgan fingerprint density at radius 1 is 1.33 bits per heavy atom. The molecule has 2 N–H and O–H groups in total. The summed E-state index contributed by atoms with van der Waals surface area (Å²) in [6, 6.07) is 0. The first-order chi connectivity index (χ1) is 9.87. The fourth-order valence-electron chi connectivity index (χ4n) is 2.15. The van der Waals surface area contributed by atoms with Crippen LogP contribution in [-0.4, -0.2) is 15.1 Å². The molecule has 6 heteroatoms. The van der Waals surface area contributed by atoms with Gasteiger partial charge in [0.2, 0.25) is 0 Å². The summed E-state index contributed by atoms with van der Waals surface area (Å²) in [7, 11) is 0. The molecule has 1 saturated carbocycles. The summed E-state index contributed by atoms with van der Waals surface area (Å²) < 4.78 is 5.24. The Balaban J connectivity index is 1.73. The predicted octanol–water partition coefficient (Wildman–Crippen LogP) is 3.33. The molecule has 3 rings (SSSR count). The highest BCUT2D eigenvalue weighted by Crippen LogP contribution is 2.37. The molecule has 112 valence electrons. The number of nitrogens with two attached hydrogens (primary N) is 1. The summed E-state index contributed by atoms with van der Waals surface area (Å²) in [5, 5.41) is 5.11. The highest BCUT2D eigenvalue weighted by atomic mass is 32.1. The molecule has 0 atom stereocenters. The fourth-order valence-corrected chi connectivity index (χ4v) is 3.03. The maximum absolute atomic E-state index is 6.18. The van der Waals surface area contributed by atoms with Crippen molar-refractivity contribution in [3.8, 4) is 0 Å². The summed E-state index contributed by atoms with van der Waals surface area (Å²) in [6.45, 7) is 6.47. The second-order valence-corrected chi connectivity index (χ2v) is 7.68. The van der Waals surface area contributed by atoms with E-state index in [1.54, 1.807) is 11.3 Å². The lowest BCUT2D eigenvalue weighted by Gasteiger charge is -2.34. The standard InChI is InChI=1S/C15H20N4OS/c1-14(2,3)13-17-9-10(21-13)5-6-11-18-12(19-20-11)15(16)7-4-8-15/h5-6,9H,4,7-8,16H2,1-3H3/b6-5+. The van der Waals surface area contributed by atoms with Gasteiger partial charge < -0.3 is 10.3 Å². The van der Waals surface area contributed by atoms with E-state index in [-0.39, 0.29) is 11.0 Å². The van der Waals surface area contributed by atoms with E-state index in [2.05, 4.69) is 35.9 Å². The third-order valence-electron chi connectivity index (χ3n) is 3.69. The number of nitrogens with zero attached hydrogens (tertiary/aromatic N) is 3. The maximum Gasteiger partial charge on any atom is 0.250 e. The lowest BCUT2D eigenvalue weighted by atomic mass is 9.77. The highest BCUT2D eigenvalue weighted by molar-refractivity contribution is 7.12. The van der Waals surface area contributed by atoms with Crippen LogP contribution in [-0.2, 0) is 11.0 Å². The van der Waals surface area contributed by atoms with Gasteiger partial charge in [-0.05, 0) is 25.3 Å².